The van der Waals surface area contributed by atoms with Gasteiger partial charge in [-0.05, 0) is 56.4 Å². The van der Waals surface area contributed by atoms with E-state index in [4.69, 9.17) is 5.84 Å². The van der Waals surface area contributed by atoms with Gasteiger partial charge in [-0.2, -0.15) is 0 Å². The largest absolute Gasteiger partial charge is 0.271 e. The van der Waals surface area contributed by atoms with Crippen LogP contribution < -0.4 is 11.3 Å². The number of hydrogen-bond acceptors (Lipinski definition) is 2. The number of fused-ring (bicyclic) bond motifs is 1. The third kappa shape index (κ3) is 2.70. The molecule has 0 radical (unpaired) electrons. The summed E-state index contributed by atoms with van der Waals surface area (Å²) in [5, 5.41) is 0. The molecule has 3 unspecified atom stereocenters. The molecule has 3 rings (SSSR count). The third-order valence-electron chi connectivity index (χ3n) is 5.14. The molecule has 2 aliphatic carbocycles. The lowest BCUT2D eigenvalue weighted by atomic mass is 9.97. The fourth-order valence-corrected chi connectivity index (χ4v) is 4.39. The van der Waals surface area contributed by atoms with Crippen molar-refractivity contribution in [3.8, 4) is 0 Å². The molecule has 0 amide bonds. The lowest BCUT2D eigenvalue weighted by Crippen LogP contribution is -2.39. The SMILES string of the molecule is Cc1cc(C)cc(CC(NN)C2C3CCCCC32)c1. The zero-order valence-corrected chi connectivity index (χ0v) is 12.2. The van der Waals surface area contributed by atoms with E-state index >= 15 is 0 Å². The molecule has 0 saturated heterocycles. The molecule has 0 aromatic heterocycles. The van der Waals surface area contributed by atoms with E-state index in [1.807, 2.05) is 0 Å². The smallest absolute Gasteiger partial charge is 0.0284 e. The summed E-state index contributed by atoms with van der Waals surface area (Å²) >= 11 is 0. The highest BCUT2D eigenvalue weighted by Crippen LogP contribution is 2.57. The first kappa shape index (κ1) is 13.1. The van der Waals surface area contributed by atoms with Gasteiger partial charge < -0.3 is 0 Å². The van der Waals surface area contributed by atoms with E-state index in [2.05, 4.69) is 37.5 Å². The van der Waals surface area contributed by atoms with Crippen molar-refractivity contribution < 1.29 is 0 Å². The van der Waals surface area contributed by atoms with E-state index in [0.29, 0.717) is 6.04 Å². The van der Waals surface area contributed by atoms with Crippen molar-refractivity contribution in [2.45, 2.75) is 52.0 Å². The van der Waals surface area contributed by atoms with Gasteiger partial charge in [0.1, 0.15) is 0 Å². The molecule has 104 valence electrons. The van der Waals surface area contributed by atoms with Crippen molar-refractivity contribution in [3.05, 3.63) is 34.9 Å². The first-order valence-electron chi connectivity index (χ1n) is 7.72. The molecule has 3 N–H and O–H groups in total. The Bertz CT molecular complexity index is 422. The molecule has 0 spiro atoms. The molecule has 2 fully saturated rings. The molecule has 0 bridgehead atoms. The van der Waals surface area contributed by atoms with Crippen molar-refractivity contribution in [1.29, 1.82) is 0 Å². The zero-order chi connectivity index (χ0) is 13.4. The maximum atomic E-state index is 5.84. The van der Waals surface area contributed by atoms with Crippen LogP contribution in [0.4, 0.5) is 0 Å². The quantitative estimate of drug-likeness (QED) is 0.643. The van der Waals surface area contributed by atoms with Gasteiger partial charge in [0, 0.05) is 6.04 Å². The highest BCUT2D eigenvalue weighted by molar-refractivity contribution is 5.29. The van der Waals surface area contributed by atoms with E-state index < -0.39 is 0 Å². The molecule has 0 aliphatic heterocycles. The first-order chi connectivity index (χ1) is 9.19. The average molecular weight is 258 g/mol. The van der Waals surface area contributed by atoms with Crippen LogP contribution in [-0.2, 0) is 6.42 Å². The van der Waals surface area contributed by atoms with Crippen LogP contribution in [-0.4, -0.2) is 6.04 Å². The number of benzene rings is 1. The minimum atomic E-state index is 0.467. The summed E-state index contributed by atoms with van der Waals surface area (Å²) in [6, 6.07) is 7.33. The second-order valence-electron chi connectivity index (χ2n) is 6.66. The second kappa shape index (κ2) is 5.26. The summed E-state index contributed by atoms with van der Waals surface area (Å²) in [5.74, 6) is 8.59. The fourth-order valence-electron chi connectivity index (χ4n) is 4.39. The Morgan fingerprint density at radius 1 is 1.11 bits per heavy atom. The van der Waals surface area contributed by atoms with E-state index in [0.717, 1.165) is 24.2 Å². The van der Waals surface area contributed by atoms with Gasteiger partial charge in [-0.15, -0.1) is 0 Å². The molecule has 2 heteroatoms. The predicted octanol–water partition coefficient (Wildman–Crippen LogP) is 3.11. The summed E-state index contributed by atoms with van der Waals surface area (Å²) in [6.45, 7) is 4.36. The van der Waals surface area contributed by atoms with E-state index in [1.54, 1.807) is 0 Å². The Morgan fingerprint density at radius 2 is 1.68 bits per heavy atom. The molecule has 0 heterocycles. The van der Waals surface area contributed by atoms with Crippen LogP contribution in [0.25, 0.3) is 0 Å². The van der Waals surface area contributed by atoms with Gasteiger partial charge in [-0.3, -0.25) is 11.3 Å². The van der Waals surface area contributed by atoms with Crippen LogP contribution in [0.2, 0.25) is 0 Å². The van der Waals surface area contributed by atoms with E-state index in [9.17, 15) is 0 Å². The monoisotopic (exact) mass is 258 g/mol. The van der Waals surface area contributed by atoms with Gasteiger partial charge in [-0.1, -0.05) is 42.2 Å². The fraction of sp³-hybridized carbons (Fsp3) is 0.647. The summed E-state index contributed by atoms with van der Waals surface area (Å²) in [6.07, 6.45) is 6.80. The molecule has 19 heavy (non-hydrogen) atoms. The lowest BCUT2D eigenvalue weighted by Gasteiger charge is -2.17. The number of aryl methyl sites for hydroxylation is 2. The zero-order valence-electron chi connectivity index (χ0n) is 12.2. The van der Waals surface area contributed by atoms with Gasteiger partial charge in [-0.25, -0.2) is 0 Å². The van der Waals surface area contributed by atoms with Crippen LogP contribution in [0.5, 0.6) is 0 Å². The van der Waals surface area contributed by atoms with Crippen molar-refractivity contribution in [3.63, 3.8) is 0 Å². The number of rotatable bonds is 4. The molecule has 2 saturated carbocycles. The topological polar surface area (TPSA) is 38.0 Å². The molecule has 1 aromatic rings. The van der Waals surface area contributed by atoms with Gasteiger partial charge in [0.25, 0.3) is 0 Å². The first-order valence-corrected chi connectivity index (χ1v) is 7.72. The van der Waals surface area contributed by atoms with Crippen LogP contribution in [0.15, 0.2) is 18.2 Å². The number of hydrogen-bond donors (Lipinski definition) is 2. The summed E-state index contributed by atoms with van der Waals surface area (Å²) in [4.78, 5) is 0. The van der Waals surface area contributed by atoms with E-state index in [1.165, 1.54) is 42.4 Å². The van der Waals surface area contributed by atoms with Gasteiger partial charge >= 0.3 is 0 Å². The minimum Gasteiger partial charge on any atom is -0.271 e. The molecule has 2 aliphatic rings. The van der Waals surface area contributed by atoms with Crippen molar-refractivity contribution in [1.82, 2.24) is 5.43 Å². The Hall–Kier alpha value is -0.860. The minimum absolute atomic E-state index is 0.467. The Labute approximate surface area is 116 Å². The number of nitrogens with two attached hydrogens (primary N) is 1. The van der Waals surface area contributed by atoms with E-state index in [-0.39, 0.29) is 0 Å². The normalized spacial score (nSPS) is 30.8. The van der Waals surface area contributed by atoms with Gasteiger partial charge in [0.2, 0.25) is 0 Å². The Kier molecular flexibility index (Phi) is 3.64. The second-order valence-corrected chi connectivity index (χ2v) is 6.66. The van der Waals surface area contributed by atoms with Crippen LogP contribution in [0, 0.1) is 31.6 Å². The summed E-state index contributed by atoms with van der Waals surface area (Å²) in [5.41, 5.74) is 7.26. The summed E-state index contributed by atoms with van der Waals surface area (Å²) in [7, 11) is 0. The molecule has 3 atom stereocenters. The molecule has 1 aromatic carbocycles. The summed E-state index contributed by atoms with van der Waals surface area (Å²) < 4.78 is 0. The highest BCUT2D eigenvalue weighted by Gasteiger charge is 2.53. The predicted molar refractivity (Wildman–Crippen MR) is 79.7 cm³/mol. The molecular formula is C17H26N2. The molecule has 2 nitrogen and oxygen atoms in total. The number of hydrazine groups is 1. The molecular weight excluding hydrogens is 232 g/mol. The third-order valence-corrected chi connectivity index (χ3v) is 5.14. The Balaban J connectivity index is 1.70. The standard InChI is InChI=1S/C17H26N2/c1-11-7-12(2)9-13(8-11)10-16(19-18)17-14-5-3-4-6-15(14)17/h7-9,14-17,19H,3-6,10,18H2,1-2H3. The van der Waals surface area contributed by atoms with Crippen LogP contribution in [0.3, 0.4) is 0 Å². The number of nitrogens with one attached hydrogen (secondary N) is 1. The average Bonchev–Trinajstić information content (AvgIpc) is 3.09. The highest BCUT2D eigenvalue weighted by atomic mass is 15.2. The van der Waals surface area contributed by atoms with Crippen molar-refractivity contribution in [2.24, 2.45) is 23.6 Å². The van der Waals surface area contributed by atoms with Crippen LogP contribution >= 0.6 is 0 Å². The van der Waals surface area contributed by atoms with Gasteiger partial charge in [0.05, 0.1) is 0 Å². The lowest BCUT2D eigenvalue weighted by molar-refractivity contribution is 0.437. The maximum absolute atomic E-state index is 5.84. The maximum Gasteiger partial charge on any atom is 0.0284 e. The van der Waals surface area contributed by atoms with Gasteiger partial charge in [0.15, 0.2) is 0 Å². The van der Waals surface area contributed by atoms with Crippen molar-refractivity contribution >= 4 is 0 Å². The Morgan fingerprint density at radius 3 is 2.21 bits per heavy atom. The van der Waals surface area contributed by atoms with Crippen molar-refractivity contribution in [2.75, 3.05) is 0 Å². The van der Waals surface area contributed by atoms with Crippen LogP contribution in [0.1, 0.15) is 42.4 Å².